The van der Waals surface area contributed by atoms with Gasteiger partial charge in [0.2, 0.25) is 0 Å². The normalized spacial score (nSPS) is 11.6. The zero-order valence-electron chi connectivity index (χ0n) is 25.2. The van der Waals surface area contributed by atoms with E-state index in [0.29, 0.717) is 23.5 Å². The highest BCUT2D eigenvalue weighted by molar-refractivity contribution is 5.91. The predicted molar refractivity (Wildman–Crippen MR) is 166 cm³/mol. The summed E-state index contributed by atoms with van der Waals surface area (Å²) in [5.41, 5.74) is 4.76. The molecule has 4 rings (SSSR count). The molecule has 0 atom stereocenters. The molecule has 1 heterocycles. The van der Waals surface area contributed by atoms with Crippen molar-refractivity contribution in [3.05, 3.63) is 96.3 Å². The van der Waals surface area contributed by atoms with E-state index in [1.165, 1.54) is 5.56 Å². The second kappa shape index (κ2) is 13.0. The Balaban J connectivity index is 1.59. The molecule has 0 spiro atoms. The Kier molecular flexibility index (Phi) is 9.41. The maximum atomic E-state index is 12.9. The minimum Gasteiger partial charge on any atom is -0.444 e. The van der Waals surface area contributed by atoms with Gasteiger partial charge in [-0.25, -0.2) is 14.8 Å². The van der Waals surface area contributed by atoms with Crippen LogP contribution in [0.25, 0.3) is 22.5 Å². The highest BCUT2D eigenvalue weighted by atomic mass is 16.6. The van der Waals surface area contributed by atoms with E-state index in [4.69, 9.17) is 9.47 Å². The van der Waals surface area contributed by atoms with Gasteiger partial charge in [0.15, 0.2) is 11.6 Å². The van der Waals surface area contributed by atoms with Gasteiger partial charge in [-0.2, -0.15) is 0 Å². The molecule has 0 aliphatic carbocycles. The zero-order valence-corrected chi connectivity index (χ0v) is 25.2. The third-order valence-corrected chi connectivity index (χ3v) is 6.74. The Hall–Kier alpha value is -4.52. The standard InChI is InChI=1S/C35H39N3O4/c1-34(2,3)20-19-30(39)42-31-28(13-10-14-29(31)38-33(40)41-23-24-11-8-7-9-12-24)32-36-21-26(22-37-32)25-15-17-27(18-16-25)35(4,5)6/h7-18,21-22H,19-20,23H2,1-6H3,(H,38,40). The SMILES string of the molecule is CC(C)(C)CCC(=O)Oc1c(NC(=O)OCc2ccccc2)cccc1-c1ncc(-c2ccc(C(C)(C)C)cc2)cn1. The summed E-state index contributed by atoms with van der Waals surface area (Å²) in [7, 11) is 0. The van der Waals surface area contributed by atoms with E-state index < -0.39 is 12.1 Å². The van der Waals surface area contributed by atoms with Crippen molar-refractivity contribution < 1.29 is 19.1 Å². The van der Waals surface area contributed by atoms with Gasteiger partial charge in [-0.3, -0.25) is 10.1 Å². The van der Waals surface area contributed by atoms with E-state index in [9.17, 15) is 9.59 Å². The largest absolute Gasteiger partial charge is 0.444 e. The van der Waals surface area contributed by atoms with Crippen LogP contribution in [0.5, 0.6) is 5.75 Å². The molecular weight excluding hydrogens is 526 g/mol. The fourth-order valence-corrected chi connectivity index (χ4v) is 4.21. The van der Waals surface area contributed by atoms with Gasteiger partial charge in [-0.05, 0) is 46.1 Å². The van der Waals surface area contributed by atoms with Gasteiger partial charge in [0.05, 0.1) is 11.3 Å². The summed E-state index contributed by atoms with van der Waals surface area (Å²) in [6.45, 7) is 12.8. The summed E-state index contributed by atoms with van der Waals surface area (Å²) in [5, 5.41) is 2.73. The Morgan fingerprint density at radius 2 is 1.45 bits per heavy atom. The van der Waals surface area contributed by atoms with E-state index >= 15 is 0 Å². The smallest absolute Gasteiger partial charge is 0.412 e. The second-order valence-electron chi connectivity index (χ2n) is 12.5. The number of esters is 1. The van der Waals surface area contributed by atoms with Crippen LogP contribution >= 0.6 is 0 Å². The van der Waals surface area contributed by atoms with Crippen LogP contribution in [0.4, 0.5) is 10.5 Å². The molecule has 7 heteroatoms. The zero-order chi connectivity index (χ0) is 30.3. The van der Waals surface area contributed by atoms with Crippen molar-refractivity contribution in [2.24, 2.45) is 5.41 Å². The Bertz CT molecular complexity index is 1500. The molecule has 3 aromatic carbocycles. The van der Waals surface area contributed by atoms with Gasteiger partial charge in [-0.1, -0.05) is 102 Å². The summed E-state index contributed by atoms with van der Waals surface area (Å²) in [5.74, 6) is 0.133. The van der Waals surface area contributed by atoms with E-state index in [1.54, 1.807) is 30.6 Å². The first-order valence-electron chi connectivity index (χ1n) is 14.1. The van der Waals surface area contributed by atoms with Crippen molar-refractivity contribution >= 4 is 17.7 Å². The maximum absolute atomic E-state index is 12.9. The number of aromatic nitrogens is 2. The number of nitrogens with zero attached hydrogens (tertiary/aromatic N) is 2. The lowest BCUT2D eigenvalue weighted by Gasteiger charge is -2.19. The van der Waals surface area contributed by atoms with Crippen LogP contribution in [0.15, 0.2) is 85.2 Å². The van der Waals surface area contributed by atoms with Crippen LogP contribution in [0.3, 0.4) is 0 Å². The number of hydrogen-bond acceptors (Lipinski definition) is 6. The minimum absolute atomic E-state index is 0.0368. The molecular formula is C35H39N3O4. The van der Waals surface area contributed by atoms with Crippen LogP contribution in [-0.4, -0.2) is 22.0 Å². The van der Waals surface area contributed by atoms with E-state index in [1.807, 2.05) is 30.3 Å². The Morgan fingerprint density at radius 3 is 2.07 bits per heavy atom. The fourth-order valence-electron chi connectivity index (χ4n) is 4.21. The molecule has 0 radical (unpaired) electrons. The summed E-state index contributed by atoms with van der Waals surface area (Å²) in [4.78, 5) is 34.8. The molecule has 0 saturated carbocycles. The van der Waals surface area contributed by atoms with Gasteiger partial charge in [0.1, 0.15) is 6.61 Å². The topological polar surface area (TPSA) is 90.4 Å². The van der Waals surface area contributed by atoms with Crippen molar-refractivity contribution in [1.29, 1.82) is 0 Å². The van der Waals surface area contributed by atoms with E-state index in [-0.39, 0.29) is 29.6 Å². The second-order valence-corrected chi connectivity index (χ2v) is 12.5. The molecule has 4 aromatic rings. The minimum atomic E-state index is -0.669. The van der Waals surface area contributed by atoms with Crippen LogP contribution in [-0.2, 0) is 21.6 Å². The number of benzene rings is 3. The molecule has 0 unspecified atom stereocenters. The fraction of sp³-hybridized carbons (Fsp3) is 0.314. The number of ether oxygens (including phenoxy) is 2. The molecule has 218 valence electrons. The molecule has 7 nitrogen and oxygen atoms in total. The van der Waals surface area contributed by atoms with Crippen molar-refractivity contribution in [3.63, 3.8) is 0 Å². The number of carbonyl (C=O) groups excluding carboxylic acids is 2. The number of nitrogens with one attached hydrogen (secondary N) is 1. The lowest BCUT2D eigenvalue weighted by atomic mass is 9.86. The van der Waals surface area contributed by atoms with Crippen LogP contribution in [0.2, 0.25) is 0 Å². The number of anilines is 1. The first-order chi connectivity index (χ1) is 19.9. The molecule has 1 amide bonds. The molecule has 0 bridgehead atoms. The van der Waals surface area contributed by atoms with Crippen molar-refractivity contribution in [1.82, 2.24) is 9.97 Å². The Labute approximate surface area is 248 Å². The third kappa shape index (κ3) is 8.49. The molecule has 0 fully saturated rings. The summed E-state index contributed by atoms with van der Waals surface area (Å²) >= 11 is 0. The maximum Gasteiger partial charge on any atom is 0.412 e. The molecule has 0 aliphatic rings. The Morgan fingerprint density at radius 1 is 0.786 bits per heavy atom. The average Bonchev–Trinajstić information content (AvgIpc) is 2.96. The van der Waals surface area contributed by atoms with Crippen LogP contribution in [0.1, 0.15) is 65.5 Å². The summed E-state index contributed by atoms with van der Waals surface area (Å²) < 4.78 is 11.3. The van der Waals surface area contributed by atoms with Crippen LogP contribution in [0, 0.1) is 5.41 Å². The van der Waals surface area contributed by atoms with Crippen LogP contribution < -0.4 is 10.1 Å². The third-order valence-electron chi connectivity index (χ3n) is 6.74. The van der Waals surface area contributed by atoms with Gasteiger partial charge < -0.3 is 9.47 Å². The summed E-state index contributed by atoms with van der Waals surface area (Å²) in [6.07, 6.45) is 3.69. The quantitative estimate of drug-likeness (QED) is 0.170. The number of carbonyl (C=O) groups is 2. The lowest BCUT2D eigenvalue weighted by Crippen LogP contribution is -2.17. The molecule has 0 aliphatic heterocycles. The first kappa shape index (κ1) is 30.4. The lowest BCUT2D eigenvalue weighted by molar-refractivity contribution is -0.134. The van der Waals surface area contributed by atoms with Crippen molar-refractivity contribution in [2.75, 3.05) is 5.32 Å². The highest BCUT2D eigenvalue weighted by Crippen LogP contribution is 2.36. The molecule has 0 saturated heterocycles. The molecule has 42 heavy (non-hydrogen) atoms. The monoisotopic (exact) mass is 565 g/mol. The van der Waals surface area contributed by atoms with Gasteiger partial charge >= 0.3 is 12.1 Å². The van der Waals surface area contributed by atoms with Gasteiger partial charge in [0.25, 0.3) is 0 Å². The first-order valence-corrected chi connectivity index (χ1v) is 14.1. The van der Waals surface area contributed by atoms with E-state index in [0.717, 1.165) is 16.7 Å². The summed E-state index contributed by atoms with van der Waals surface area (Å²) in [6, 6.07) is 22.9. The van der Waals surface area contributed by atoms with Crippen molar-refractivity contribution in [2.45, 2.75) is 66.4 Å². The average molecular weight is 566 g/mol. The number of amides is 1. The molecule has 1 N–H and O–H groups in total. The highest BCUT2D eigenvalue weighted by Gasteiger charge is 2.21. The predicted octanol–water partition coefficient (Wildman–Crippen LogP) is 8.59. The number of para-hydroxylation sites is 1. The van der Waals surface area contributed by atoms with Crippen molar-refractivity contribution in [3.8, 4) is 28.3 Å². The number of hydrogen-bond donors (Lipinski definition) is 1. The van der Waals surface area contributed by atoms with Gasteiger partial charge in [-0.15, -0.1) is 0 Å². The molecule has 1 aromatic heterocycles. The van der Waals surface area contributed by atoms with Gasteiger partial charge in [0, 0.05) is 24.4 Å². The number of rotatable bonds is 8. The van der Waals surface area contributed by atoms with E-state index in [2.05, 4.69) is 81.1 Å².